The average Bonchev–Trinajstić information content (AvgIpc) is 3.07. The van der Waals surface area contributed by atoms with Crippen LogP contribution in [-0.2, 0) is 19.1 Å². The fraction of sp³-hybridized carbons (Fsp3) is 0.486. The van der Waals surface area contributed by atoms with E-state index in [1.54, 1.807) is 40.2 Å². The second-order valence-corrected chi connectivity index (χ2v) is 11.4. The molecular formula is C35H46N2O8. The molecule has 10 nitrogen and oxygen atoms in total. The van der Waals surface area contributed by atoms with Gasteiger partial charge in [0.25, 0.3) is 0 Å². The predicted molar refractivity (Wildman–Crippen MR) is 173 cm³/mol. The summed E-state index contributed by atoms with van der Waals surface area (Å²) in [5.41, 5.74) is 0.282. The number of hydrogen-bond acceptors (Lipinski definition) is 10. The number of ketones is 2. The fourth-order valence-corrected chi connectivity index (χ4v) is 4.92. The second-order valence-electron chi connectivity index (χ2n) is 11.4. The van der Waals surface area contributed by atoms with Gasteiger partial charge in [-0.15, -0.1) is 0 Å². The van der Waals surface area contributed by atoms with E-state index < -0.39 is 5.41 Å². The fourth-order valence-electron chi connectivity index (χ4n) is 4.92. The van der Waals surface area contributed by atoms with Crippen LogP contribution >= 0.6 is 0 Å². The Morgan fingerprint density at radius 2 is 1.09 bits per heavy atom. The number of benzene rings is 2. The third-order valence-electron chi connectivity index (χ3n) is 8.00. The summed E-state index contributed by atoms with van der Waals surface area (Å²) >= 11 is 0. The van der Waals surface area contributed by atoms with E-state index in [0.29, 0.717) is 36.2 Å². The molecule has 2 fully saturated rings. The molecule has 2 aliphatic heterocycles. The Morgan fingerprint density at radius 3 is 1.47 bits per heavy atom. The Kier molecular flexibility index (Phi) is 13.0. The first kappa shape index (κ1) is 34.2. The minimum absolute atomic E-state index is 0.302. The van der Waals surface area contributed by atoms with Crippen molar-refractivity contribution in [3.05, 3.63) is 59.7 Å². The van der Waals surface area contributed by atoms with Crippen molar-refractivity contribution in [2.75, 3.05) is 93.1 Å². The first-order valence-corrected chi connectivity index (χ1v) is 15.5. The Bertz CT molecular complexity index is 1230. The number of allylic oxidation sites excluding steroid dienone is 2. The van der Waals surface area contributed by atoms with Crippen molar-refractivity contribution in [2.45, 2.75) is 13.8 Å². The number of carbonyl (C=O) groups is 2. The summed E-state index contributed by atoms with van der Waals surface area (Å²) in [6.45, 7) is 12.5. The van der Waals surface area contributed by atoms with Gasteiger partial charge in [-0.3, -0.25) is 19.4 Å². The van der Waals surface area contributed by atoms with Crippen molar-refractivity contribution in [3.8, 4) is 23.0 Å². The molecular weight excluding hydrogens is 576 g/mol. The van der Waals surface area contributed by atoms with Crippen molar-refractivity contribution >= 4 is 23.7 Å². The van der Waals surface area contributed by atoms with E-state index in [4.69, 9.17) is 28.4 Å². The van der Waals surface area contributed by atoms with Gasteiger partial charge in [-0.2, -0.15) is 0 Å². The van der Waals surface area contributed by atoms with Crippen molar-refractivity contribution < 1.29 is 38.0 Å². The van der Waals surface area contributed by atoms with Gasteiger partial charge in [0.15, 0.2) is 34.6 Å². The molecule has 45 heavy (non-hydrogen) atoms. The molecule has 244 valence electrons. The predicted octanol–water partition coefficient (Wildman–Crippen LogP) is 4.02. The normalized spacial score (nSPS) is 16.6. The summed E-state index contributed by atoms with van der Waals surface area (Å²) in [6.07, 6.45) is 6.24. The summed E-state index contributed by atoms with van der Waals surface area (Å²) < 4.78 is 33.7. The average molecular weight is 623 g/mol. The molecule has 0 aliphatic carbocycles. The maximum absolute atomic E-state index is 13.1. The molecule has 0 bridgehead atoms. The van der Waals surface area contributed by atoms with Crippen LogP contribution in [0.2, 0.25) is 0 Å². The molecule has 0 atom stereocenters. The lowest BCUT2D eigenvalue weighted by molar-refractivity contribution is -0.132. The highest BCUT2D eigenvalue weighted by Gasteiger charge is 2.32. The molecule has 0 amide bonds. The molecule has 2 aliphatic rings. The topological polar surface area (TPSA) is 96.0 Å². The van der Waals surface area contributed by atoms with E-state index in [0.717, 1.165) is 76.8 Å². The summed E-state index contributed by atoms with van der Waals surface area (Å²) in [4.78, 5) is 30.8. The monoisotopic (exact) mass is 622 g/mol. The lowest BCUT2D eigenvalue weighted by Crippen LogP contribution is -2.38. The van der Waals surface area contributed by atoms with Gasteiger partial charge in [-0.25, -0.2) is 0 Å². The minimum Gasteiger partial charge on any atom is -0.493 e. The number of morpholine rings is 2. The molecule has 2 aromatic rings. The van der Waals surface area contributed by atoms with Gasteiger partial charge in [0.2, 0.25) is 0 Å². The number of ether oxygens (including phenoxy) is 6. The standard InChI is InChI=1S/C35H46N2O8/c1-35(2,33(38)11-7-27-5-9-29(31(25-27)40-3)44-23-17-36-13-19-42-20-14-36)34(39)12-8-28-6-10-30(32(26-28)41-4)45-24-18-37-15-21-43-22-16-37/h5-12,25-26H,13-24H2,1-4H3/b11-7+,12-8+. The van der Waals surface area contributed by atoms with Gasteiger partial charge in [-0.1, -0.05) is 24.3 Å². The molecule has 2 aromatic carbocycles. The zero-order chi connectivity index (χ0) is 32.1. The molecule has 2 heterocycles. The molecule has 0 N–H and O–H groups in total. The summed E-state index contributed by atoms with van der Waals surface area (Å²) in [5, 5.41) is 0. The van der Waals surface area contributed by atoms with Crippen LogP contribution in [0.4, 0.5) is 0 Å². The number of rotatable bonds is 16. The quantitative estimate of drug-likeness (QED) is 0.202. The molecule has 0 spiro atoms. The second kappa shape index (κ2) is 17.1. The van der Waals surface area contributed by atoms with E-state index in [1.165, 1.54) is 12.2 Å². The summed E-state index contributed by atoms with van der Waals surface area (Å²) in [6, 6.07) is 11.0. The van der Waals surface area contributed by atoms with Crippen LogP contribution in [0, 0.1) is 5.41 Å². The highest BCUT2D eigenvalue weighted by Crippen LogP contribution is 2.30. The lowest BCUT2D eigenvalue weighted by Gasteiger charge is -2.26. The van der Waals surface area contributed by atoms with Crippen molar-refractivity contribution in [3.63, 3.8) is 0 Å². The van der Waals surface area contributed by atoms with Crippen LogP contribution in [0.5, 0.6) is 23.0 Å². The van der Waals surface area contributed by atoms with Crippen LogP contribution in [0.3, 0.4) is 0 Å². The number of nitrogens with zero attached hydrogens (tertiary/aromatic N) is 2. The Labute approximate surface area is 266 Å². The summed E-state index contributed by atoms with van der Waals surface area (Å²) in [7, 11) is 3.17. The van der Waals surface area contributed by atoms with Gasteiger partial charge in [-0.05, 0) is 61.4 Å². The molecule has 0 radical (unpaired) electrons. The zero-order valence-corrected chi connectivity index (χ0v) is 26.9. The minimum atomic E-state index is -1.24. The zero-order valence-electron chi connectivity index (χ0n) is 26.9. The van der Waals surface area contributed by atoms with Crippen LogP contribution in [0.1, 0.15) is 25.0 Å². The van der Waals surface area contributed by atoms with E-state index in [1.807, 2.05) is 36.4 Å². The third-order valence-corrected chi connectivity index (χ3v) is 8.00. The van der Waals surface area contributed by atoms with E-state index in [2.05, 4.69) is 9.80 Å². The van der Waals surface area contributed by atoms with Gasteiger partial charge in [0.05, 0.1) is 46.1 Å². The van der Waals surface area contributed by atoms with Gasteiger partial charge < -0.3 is 28.4 Å². The van der Waals surface area contributed by atoms with E-state index in [9.17, 15) is 9.59 Å². The number of hydrogen-bond donors (Lipinski definition) is 0. The highest BCUT2D eigenvalue weighted by atomic mass is 16.5. The third kappa shape index (κ3) is 10.2. The van der Waals surface area contributed by atoms with Crippen LogP contribution < -0.4 is 18.9 Å². The maximum atomic E-state index is 13.1. The maximum Gasteiger partial charge on any atom is 0.169 e. The van der Waals surface area contributed by atoms with Crippen LogP contribution in [0.25, 0.3) is 12.2 Å². The van der Waals surface area contributed by atoms with E-state index in [-0.39, 0.29) is 11.6 Å². The summed E-state index contributed by atoms with van der Waals surface area (Å²) in [5.74, 6) is 1.83. The van der Waals surface area contributed by atoms with Gasteiger partial charge in [0, 0.05) is 39.3 Å². The largest absolute Gasteiger partial charge is 0.493 e. The van der Waals surface area contributed by atoms with Crippen LogP contribution in [0.15, 0.2) is 48.6 Å². The first-order chi connectivity index (χ1) is 21.8. The molecule has 0 saturated carbocycles. The molecule has 4 rings (SSSR count). The molecule has 0 unspecified atom stereocenters. The lowest BCUT2D eigenvalue weighted by atomic mass is 9.82. The first-order valence-electron chi connectivity index (χ1n) is 15.5. The smallest absolute Gasteiger partial charge is 0.169 e. The highest BCUT2D eigenvalue weighted by molar-refractivity contribution is 6.16. The van der Waals surface area contributed by atoms with Crippen LogP contribution in [-0.4, -0.2) is 114 Å². The molecule has 0 aromatic heterocycles. The van der Waals surface area contributed by atoms with E-state index >= 15 is 0 Å². The van der Waals surface area contributed by atoms with Gasteiger partial charge in [0.1, 0.15) is 13.2 Å². The van der Waals surface area contributed by atoms with Gasteiger partial charge >= 0.3 is 0 Å². The number of carbonyl (C=O) groups excluding carboxylic acids is 2. The molecule has 2 saturated heterocycles. The SMILES string of the molecule is COc1cc(/C=C/C(=O)C(C)(C)C(=O)/C=C/c2ccc(OCCN3CCOCC3)c(OC)c2)ccc1OCCN1CCOCC1. The number of methoxy groups -OCH3 is 2. The molecule has 10 heteroatoms. The van der Waals surface area contributed by atoms with Crippen molar-refractivity contribution in [2.24, 2.45) is 5.41 Å². The van der Waals surface area contributed by atoms with Crippen molar-refractivity contribution in [1.82, 2.24) is 9.80 Å². The Hall–Kier alpha value is -3.70. The Balaban J connectivity index is 1.30. The Morgan fingerprint density at radius 1 is 0.689 bits per heavy atom. The van der Waals surface area contributed by atoms with Crippen molar-refractivity contribution in [1.29, 1.82) is 0 Å².